The molecule has 14 rings (SSSR count). The number of hydrogen-bond acceptors (Lipinski definition) is 2. The molecule has 0 aliphatic carbocycles. The van der Waals surface area contributed by atoms with Crippen LogP contribution in [0.4, 0.5) is 17.1 Å². The molecule has 0 N–H and O–H groups in total. The smallest absolute Gasteiger partial charge is 0.135 e. The first-order valence-corrected chi connectivity index (χ1v) is 23.2. The molecule has 0 saturated heterocycles. The normalized spacial score (nSPS) is 11.8. The van der Waals surface area contributed by atoms with Crippen LogP contribution in [0, 0.1) is 0 Å². The highest BCUT2D eigenvalue weighted by molar-refractivity contribution is 6.11. The number of anilines is 3. The second kappa shape index (κ2) is 15.2. The molecular formula is C64H41N3O. The van der Waals surface area contributed by atoms with Gasteiger partial charge in [0.2, 0.25) is 0 Å². The molecule has 318 valence electrons. The zero-order valence-corrected chi connectivity index (χ0v) is 36.9. The molecule has 11 aromatic carbocycles. The van der Waals surface area contributed by atoms with Gasteiger partial charge in [-0.25, -0.2) is 0 Å². The molecule has 4 nitrogen and oxygen atoms in total. The van der Waals surface area contributed by atoms with Gasteiger partial charge in [-0.3, -0.25) is 0 Å². The van der Waals surface area contributed by atoms with Crippen molar-refractivity contribution in [2.24, 2.45) is 0 Å². The van der Waals surface area contributed by atoms with Crippen LogP contribution in [0.25, 0.3) is 110 Å². The highest BCUT2D eigenvalue weighted by Gasteiger charge is 2.18. The van der Waals surface area contributed by atoms with Gasteiger partial charge in [0, 0.05) is 60.8 Å². The van der Waals surface area contributed by atoms with Gasteiger partial charge in [-0.2, -0.15) is 0 Å². The fourth-order valence-corrected chi connectivity index (χ4v) is 10.7. The summed E-state index contributed by atoms with van der Waals surface area (Å²) in [5.74, 6) is 0. The monoisotopic (exact) mass is 867 g/mol. The van der Waals surface area contributed by atoms with Gasteiger partial charge in [0.25, 0.3) is 0 Å². The van der Waals surface area contributed by atoms with E-state index in [1.54, 1.807) is 0 Å². The van der Waals surface area contributed by atoms with Crippen molar-refractivity contribution < 1.29 is 4.42 Å². The summed E-state index contributed by atoms with van der Waals surface area (Å²) in [6, 6.07) is 90.1. The van der Waals surface area contributed by atoms with Crippen LogP contribution in [0.3, 0.4) is 0 Å². The Labute approximate surface area is 392 Å². The van der Waals surface area contributed by atoms with Crippen LogP contribution in [0.5, 0.6) is 0 Å². The molecule has 0 unspecified atom stereocenters. The molecule has 14 aromatic rings. The van der Waals surface area contributed by atoms with E-state index in [-0.39, 0.29) is 0 Å². The van der Waals surface area contributed by atoms with E-state index in [1.165, 1.54) is 65.5 Å². The van der Waals surface area contributed by atoms with Crippen molar-refractivity contribution in [2.75, 3.05) is 4.90 Å². The van der Waals surface area contributed by atoms with Crippen LogP contribution < -0.4 is 4.90 Å². The number of furan rings is 1. The van der Waals surface area contributed by atoms with E-state index in [4.69, 9.17) is 4.42 Å². The Morgan fingerprint density at radius 2 is 0.706 bits per heavy atom. The number of benzene rings is 11. The average Bonchev–Trinajstić information content (AvgIpc) is 4.07. The Morgan fingerprint density at radius 3 is 1.41 bits per heavy atom. The third-order valence-electron chi connectivity index (χ3n) is 13.9. The number of para-hydroxylation sites is 5. The van der Waals surface area contributed by atoms with Gasteiger partial charge in [0.05, 0.1) is 22.1 Å². The lowest BCUT2D eigenvalue weighted by Crippen LogP contribution is -2.10. The van der Waals surface area contributed by atoms with Crippen LogP contribution in [0.1, 0.15) is 0 Å². The number of nitrogens with zero attached hydrogens (tertiary/aromatic N) is 3. The maximum absolute atomic E-state index is 6.16. The van der Waals surface area contributed by atoms with Gasteiger partial charge in [0.1, 0.15) is 11.2 Å². The SMILES string of the molecule is c1ccc(-n2c3ccccc3c3cc(-c4ccc5cc(N(c6ccc(-c7ccc8oc9ccccc9c8c7)cc6)c6ccc(-n7c8ccccc8c8ccccc87)cc6)ccc5c4)ccc32)cc1. The Hall–Kier alpha value is -9.12. The van der Waals surface area contributed by atoms with E-state index < -0.39 is 0 Å². The Kier molecular flexibility index (Phi) is 8.55. The quantitative estimate of drug-likeness (QED) is 0.160. The Balaban J connectivity index is 0.859. The summed E-state index contributed by atoms with van der Waals surface area (Å²) in [6.45, 7) is 0. The first-order chi connectivity index (χ1) is 33.7. The van der Waals surface area contributed by atoms with Crippen LogP contribution in [0.15, 0.2) is 253 Å². The van der Waals surface area contributed by atoms with Crippen molar-refractivity contribution in [3.63, 3.8) is 0 Å². The molecule has 0 fully saturated rings. The van der Waals surface area contributed by atoms with Crippen molar-refractivity contribution in [2.45, 2.75) is 0 Å². The molecule has 0 saturated carbocycles. The molecule has 0 spiro atoms. The van der Waals surface area contributed by atoms with Gasteiger partial charge in [-0.05, 0) is 148 Å². The molecule has 68 heavy (non-hydrogen) atoms. The van der Waals surface area contributed by atoms with E-state index in [1.807, 2.05) is 12.1 Å². The zero-order chi connectivity index (χ0) is 44.7. The zero-order valence-electron chi connectivity index (χ0n) is 36.9. The van der Waals surface area contributed by atoms with Gasteiger partial charge < -0.3 is 18.5 Å². The maximum Gasteiger partial charge on any atom is 0.135 e. The molecular weight excluding hydrogens is 827 g/mol. The highest BCUT2D eigenvalue weighted by atomic mass is 16.3. The van der Waals surface area contributed by atoms with E-state index in [9.17, 15) is 0 Å². The molecule has 0 bridgehead atoms. The first-order valence-electron chi connectivity index (χ1n) is 23.2. The van der Waals surface area contributed by atoms with Crippen molar-refractivity contribution in [1.29, 1.82) is 0 Å². The molecule has 0 aliphatic heterocycles. The largest absolute Gasteiger partial charge is 0.456 e. The number of hydrogen-bond donors (Lipinski definition) is 0. The van der Waals surface area contributed by atoms with Crippen molar-refractivity contribution in [3.8, 4) is 33.6 Å². The van der Waals surface area contributed by atoms with Gasteiger partial charge in [-0.15, -0.1) is 0 Å². The highest BCUT2D eigenvalue weighted by Crippen LogP contribution is 2.41. The minimum Gasteiger partial charge on any atom is -0.456 e. The minimum absolute atomic E-state index is 0.902. The first kappa shape index (κ1) is 38.2. The molecule has 3 aromatic heterocycles. The van der Waals surface area contributed by atoms with E-state index >= 15 is 0 Å². The number of rotatable bonds is 7. The van der Waals surface area contributed by atoms with Crippen LogP contribution >= 0.6 is 0 Å². The fourth-order valence-electron chi connectivity index (χ4n) is 10.7. The fraction of sp³-hybridized carbons (Fsp3) is 0. The summed E-state index contributed by atoms with van der Waals surface area (Å²) in [4.78, 5) is 2.37. The van der Waals surface area contributed by atoms with Gasteiger partial charge in [0.15, 0.2) is 0 Å². The predicted octanol–water partition coefficient (Wildman–Crippen LogP) is 17.7. The lowest BCUT2D eigenvalue weighted by molar-refractivity contribution is 0.669. The van der Waals surface area contributed by atoms with E-state index in [2.05, 4.69) is 251 Å². The molecule has 4 heteroatoms. The molecule has 0 radical (unpaired) electrons. The third kappa shape index (κ3) is 6.08. The van der Waals surface area contributed by atoms with Gasteiger partial charge >= 0.3 is 0 Å². The van der Waals surface area contributed by atoms with Crippen molar-refractivity contribution in [3.05, 3.63) is 249 Å². The third-order valence-corrected chi connectivity index (χ3v) is 13.9. The lowest BCUT2D eigenvalue weighted by Gasteiger charge is -2.26. The average molecular weight is 868 g/mol. The summed E-state index contributed by atoms with van der Waals surface area (Å²) >= 11 is 0. The summed E-state index contributed by atoms with van der Waals surface area (Å²) < 4.78 is 10.9. The maximum atomic E-state index is 6.16. The van der Waals surface area contributed by atoms with E-state index in [0.717, 1.165) is 61.5 Å². The van der Waals surface area contributed by atoms with Crippen LogP contribution in [-0.2, 0) is 0 Å². The Bertz CT molecular complexity index is 4200. The standard InChI is InChI=1S/C64H41N3O/c1-2-12-48(13-3-1)66-61-20-10-6-16-55(61)57-40-47(27-36-62(57)66)43-22-23-45-39-52(31-26-44(45)38-43)65(49-29-24-42(25-30-49)46-28-37-64-58(41-46)56-17-7-11-21-63(56)68-64)50-32-34-51(35-33-50)67-59-18-8-4-14-53(59)54-15-5-9-19-60(54)67/h1-41H. The van der Waals surface area contributed by atoms with Crippen molar-refractivity contribution >= 4 is 93.4 Å². The molecule has 3 heterocycles. The minimum atomic E-state index is 0.902. The second-order valence-corrected chi connectivity index (χ2v) is 17.7. The predicted molar refractivity (Wildman–Crippen MR) is 285 cm³/mol. The molecule has 0 amide bonds. The van der Waals surface area contributed by atoms with E-state index in [0.29, 0.717) is 0 Å². The van der Waals surface area contributed by atoms with Crippen molar-refractivity contribution in [1.82, 2.24) is 9.13 Å². The lowest BCUT2D eigenvalue weighted by atomic mass is 9.99. The van der Waals surface area contributed by atoms with Gasteiger partial charge in [-0.1, -0.05) is 133 Å². The summed E-state index contributed by atoms with van der Waals surface area (Å²) in [6.07, 6.45) is 0. The van der Waals surface area contributed by atoms with Crippen LogP contribution in [0.2, 0.25) is 0 Å². The number of aromatic nitrogens is 2. The topological polar surface area (TPSA) is 26.2 Å². The summed E-state index contributed by atoms with van der Waals surface area (Å²) in [5, 5.41) is 9.64. The molecule has 0 aliphatic rings. The molecule has 0 atom stereocenters. The summed E-state index contributed by atoms with van der Waals surface area (Å²) in [7, 11) is 0. The van der Waals surface area contributed by atoms with Crippen LogP contribution in [-0.4, -0.2) is 9.13 Å². The number of fused-ring (bicyclic) bond motifs is 10. The second-order valence-electron chi connectivity index (χ2n) is 17.7. The Morgan fingerprint density at radius 1 is 0.265 bits per heavy atom. The summed E-state index contributed by atoms with van der Waals surface area (Å²) in [5.41, 5.74) is 16.8.